The quantitative estimate of drug-likeness (QED) is 0.465. The van der Waals surface area contributed by atoms with Crippen LogP contribution in [0, 0.1) is 10.1 Å². The molecule has 1 aliphatic heterocycles. The Bertz CT molecular complexity index is 295. The van der Waals surface area contributed by atoms with Crippen LogP contribution in [-0.2, 0) is 0 Å². The zero-order valence-corrected chi connectivity index (χ0v) is 7.12. The molecule has 0 bridgehead atoms. The third-order valence-electron chi connectivity index (χ3n) is 1.47. The first-order valence-corrected chi connectivity index (χ1v) is 3.71. The van der Waals surface area contributed by atoms with E-state index in [-0.39, 0.29) is 5.84 Å². The first-order chi connectivity index (χ1) is 6.15. The van der Waals surface area contributed by atoms with E-state index >= 15 is 0 Å². The SMILES string of the molecule is CC=CN1C=CC([N+](=O)[O-])=NC1N. The van der Waals surface area contributed by atoms with Crippen LogP contribution in [0.3, 0.4) is 0 Å². The standard InChI is InChI=1S/C7H10N4O2/c1-2-4-10-5-3-6(11(12)13)9-7(10)8/h2-5,7H,8H2,1H3. The van der Waals surface area contributed by atoms with E-state index in [1.54, 1.807) is 17.2 Å². The second-order valence-electron chi connectivity index (χ2n) is 2.40. The van der Waals surface area contributed by atoms with E-state index < -0.39 is 11.2 Å². The summed E-state index contributed by atoms with van der Waals surface area (Å²) < 4.78 is 0. The highest BCUT2D eigenvalue weighted by atomic mass is 16.6. The van der Waals surface area contributed by atoms with Crippen molar-refractivity contribution in [2.24, 2.45) is 10.7 Å². The molecular formula is C7H10N4O2. The highest BCUT2D eigenvalue weighted by molar-refractivity contribution is 5.86. The molecule has 1 aliphatic rings. The van der Waals surface area contributed by atoms with Gasteiger partial charge in [-0.1, -0.05) is 6.08 Å². The molecule has 6 nitrogen and oxygen atoms in total. The van der Waals surface area contributed by atoms with Crippen LogP contribution < -0.4 is 5.73 Å². The molecule has 2 N–H and O–H groups in total. The van der Waals surface area contributed by atoms with Gasteiger partial charge in [0.05, 0.1) is 6.08 Å². The molecule has 0 radical (unpaired) electrons. The fraction of sp³-hybridized carbons (Fsp3) is 0.286. The number of amidine groups is 1. The third kappa shape index (κ3) is 2.12. The molecule has 1 unspecified atom stereocenters. The van der Waals surface area contributed by atoms with Crippen LogP contribution in [-0.4, -0.2) is 21.9 Å². The highest BCUT2D eigenvalue weighted by Gasteiger charge is 2.21. The minimum absolute atomic E-state index is 0.215. The molecule has 0 saturated heterocycles. The number of hydrogen-bond acceptors (Lipinski definition) is 5. The summed E-state index contributed by atoms with van der Waals surface area (Å²) in [4.78, 5) is 15.0. The molecule has 0 fully saturated rings. The summed E-state index contributed by atoms with van der Waals surface area (Å²) in [6.07, 6.45) is 5.60. The lowest BCUT2D eigenvalue weighted by Gasteiger charge is -2.18. The van der Waals surface area contributed by atoms with Crippen molar-refractivity contribution in [1.29, 1.82) is 0 Å². The van der Waals surface area contributed by atoms with Gasteiger partial charge in [0.1, 0.15) is 0 Å². The van der Waals surface area contributed by atoms with Crippen LogP contribution >= 0.6 is 0 Å². The van der Waals surface area contributed by atoms with E-state index in [4.69, 9.17) is 5.73 Å². The molecule has 1 atom stereocenters. The lowest BCUT2D eigenvalue weighted by molar-refractivity contribution is -0.349. The monoisotopic (exact) mass is 182 g/mol. The van der Waals surface area contributed by atoms with E-state index in [9.17, 15) is 10.1 Å². The van der Waals surface area contributed by atoms with Crippen molar-refractivity contribution in [3.63, 3.8) is 0 Å². The number of nitro groups is 1. The zero-order chi connectivity index (χ0) is 9.84. The van der Waals surface area contributed by atoms with Crippen LogP contribution in [0.25, 0.3) is 0 Å². The van der Waals surface area contributed by atoms with E-state index in [1.807, 2.05) is 6.92 Å². The summed E-state index contributed by atoms with van der Waals surface area (Å²) >= 11 is 0. The minimum Gasteiger partial charge on any atom is -0.358 e. The second-order valence-corrected chi connectivity index (χ2v) is 2.40. The van der Waals surface area contributed by atoms with Crippen molar-refractivity contribution < 1.29 is 4.92 Å². The van der Waals surface area contributed by atoms with E-state index in [0.717, 1.165) is 0 Å². The Kier molecular flexibility index (Phi) is 2.76. The van der Waals surface area contributed by atoms with Crippen LogP contribution in [0.2, 0.25) is 0 Å². The lowest BCUT2D eigenvalue weighted by Crippen LogP contribution is -2.37. The molecule has 0 saturated carbocycles. The molecule has 70 valence electrons. The van der Waals surface area contributed by atoms with Gasteiger partial charge in [0.25, 0.3) is 6.29 Å². The molecule has 6 heteroatoms. The molecule has 0 aromatic carbocycles. The largest absolute Gasteiger partial charge is 0.363 e. The Morgan fingerprint density at radius 2 is 2.54 bits per heavy atom. The Hall–Kier alpha value is -1.69. The molecule has 0 amide bonds. The number of nitrogens with two attached hydrogens (primary N) is 1. The predicted molar refractivity (Wildman–Crippen MR) is 48.2 cm³/mol. The van der Waals surface area contributed by atoms with E-state index in [0.29, 0.717) is 0 Å². The van der Waals surface area contributed by atoms with Crippen molar-refractivity contribution in [2.45, 2.75) is 13.2 Å². The molecule has 1 heterocycles. The lowest BCUT2D eigenvalue weighted by atomic mass is 10.4. The van der Waals surface area contributed by atoms with Gasteiger partial charge in [-0.3, -0.25) is 5.73 Å². The van der Waals surface area contributed by atoms with Crippen LogP contribution in [0.4, 0.5) is 0 Å². The zero-order valence-electron chi connectivity index (χ0n) is 7.12. The summed E-state index contributed by atoms with van der Waals surface area (Å²) in [5, 5.41) is 10.3. The maximum absolute atomic E-state index is 10.3. The van der Waals surface area contributed by atoms with Crippen molar-refractivity contribution in [2.75, 3.05) is 0 Å². The summed E-state index contributed by atoms with van der Waals surface area (Å²) in [6.45, 7) is 1.83. The van der Waals surface area contributed by atoms with Gasteiger partial charge in [0.2, 0.25) is 0 Å². The Morgan fingerprint density at radius 3 is 3.00 bits per heavy atom. The Labute approximate surface area is 75.2 Å². The van der Waals surface area contributed by atoms with Crippen molar-refractivity contribution in [1.82, 2.24) is 4.90 Å². The Morgan fingerprint density at radius 1 is 1.85 bits per heavy atom. The number of rotatable bonds is 1. The number of allylic oxidation sites excluding steroid dienone is 1. The fourth-order valence-electron chi connectivity index (χ4n) is 0.904. The normalized spacial score (nSPS) is 22.2. The Balaban J connectivity index is 2.78. The third-order valence-corrected chi connectivity index (χ3v) is 1.47. The fourth-order valence-corrected chi connectivity index (χ4v) is 0.904. The molecule has 0 aromatic heterocycles. The maximum atomic E-state index is 10.3. The van der Waals surface area contributed by atoms with Crippen molar-refractivity contribution in [3.8, 4) is 0 Å². The molecular weight excluding hydrogens is 172 g/mol. The van der Waals surface area contributed by atoms with Crippen LogP contribution in [0.1, 0.15) is 6.92 Å². The number of aliphatic imine (C=N–C) groups is 1. The van der Waals surface area contributed by atoms with Crippen LogP contribution in [0.15, 0.2) is 29.5 Å². The van der Waals surface area contributed by atoms with Gasteiger partial charge in [-0.05, 0) is 16.8 Å². The highest BCUT2D eigenvalue weighted by Crippen LogP contribution is 2.05. The summed E-state index contributed by atoms with van der Waals surface area (Å²) in [7, 11) is 0. The topological polar surface area (TPSA) is 84.8 Å². The van der Waals surface area contributed by atoms with Gasteiger partial charge in [-0.25, -0.2) is 0 Å². The van der Waals surface area contributed by atoms with Gasteiger partial charge in [0, 0.05) is 12.4 Å². The minimum atomic E-state index is -0.707. The summed E-state index contributed by atoms with van der Waals surface area (Å²) in [5.41, 5.74) is 5.52. The van der Waals surface area contributed by atoms with Crippen LogP contribution in [0.5, 0.6) is 0 Å². The average molecular weight is 182 g/mol. The molecule has 0 aromatic rings. The average Bonchev–Trinajstić information content (AvgIpc) is 2.08. The smallest absolute Gasteiger partial charge is 0.358 e. The van der Waals surface area contributed by atoms with Gasteiger partial charge in [-0.2, -0.15) is 0 Å². The molecule has 13 heavy (non-hydrogen) atoms. The number of hydrogen-bond donors (Lipinski definition) is 1. The maximum Gasteiger partial charge on any atom is 0.363 e. The number of nitrogens with zero attached hydrogens (tertiary/aromatic N) is 3. The van der Waals surface area contributed by atoms with Gasteiger partial charge in [-0.15, -0.1) is 0 Å². The first-order valence-electron chi connectivity index (χ1n) is 3.71. The first kappa shape index (κ1) is 9.40. The van der Waals surface area contributed by atoms with E-state index in [2.05, 4.69) is 4.99 Å². The van der Waals surface area contributed by atoms with Crippen molar-refractivity contribution >= 4 is 5.84 Å². The molecule has 0 spiro atoms. The second kappa shape index (κ2) is 3.81. The predicted octanol–water partition coefficient (Wildman–Crippen LogP) is 0.267. The van der Waals surface area contributed by atoms with Gasteiger partial charge in [0.15, 0.2) is 0 Å². The summed E-state index contributed by atoms with van der Waals surface area (Å²) in [6, 6.07) is 0. The van der Waals surface area contributed by atoms with E-state index in [1.165, 1.54) is 12.3 Å². The van der Waals surface area contributed by atoms with Gasteiger partial charge < -0.3 is 15.0 Å². The molecule has 0 aliphatic carbocycles. The summed E-state index contributed by atoms with van der Waals surface area (Å²) in [5.74, 6) is -0.215. The van der Waals surface area contributed by atoms with Crippen molar-refractivity contribution in [3.05, 3.63) is 34.7 Å². The molecule has 1 rings (SSSR count). The van der Waals surface area contributed by atoms with Gasteiger partial charge >= 0.3 is 5.84 Å².